The van der Waals surface area contributed by atoms with Crippen LogP contribution in [-0.4, -0.2) is 11.1 Å². The molecule has 2 rings (SSSR count). The summed E-state index contributed by atoms with van der Waals surface area (Å²) in [5, 5.41) is 1.62. The van der Waals surface area contributed by atoms with E-state index < -0.39 is 0 Å². The first kappa shape index (κ1) is 11.9. The van der Waals surface area contributed by atoms with Crippen LogP contribution in [0.15, 0.2) is 16.5 Å². The fourth-order valence-electron chi connectivity index (χ4n) is 1.61. The van der Waals surface area contributed by atoms with Crippen LogP contribution in [0.25, 0.3) is 0 Å². The average molecular weight is 310 g/mol. The molecule has 0 saturated heterocycles. The van der Waals surface area contributed by atoms with Crippen molar-refractivity contribution in [2.45, 2.75) is 18.6 Å². The van der Waals surface area contributed by atoms with Crippen molar-refractivity contribution in [3.63, 3.8) is 0 Å². The van der Waals surface area contributed by atoms with Crippen molar-refractivity contribution >= 4 is 39.3 Å². The van der Waals surface area contributed by atoms with Crippen LogP contribution in [0.3, 0.4) is 0 Å². The number of hydrogen-bond donors (Lipinski definition) is 0. The zero-order chi connectivity index (χ0) is 10.7. The Kier molecular flexibility index (Phi) is 4.47. The fraction of sp³-hybridized carbons (Fsp3) is 0.636. The number of halogens is 2. The third-order valence-corrected chi connectivity index (χ3v) is 4.88. The lowest BCUT2D eigenvalue weighted by atomic mass is 10.1. The Hall–Kier alpha value is 0.400. The van der Waals surface area contributed by atoms with Crippen molar-refractivity contribution in [2.75, 3.05) is 11.1 Å². The maximum Gasteiger partial charge on any atom is 0.193 e. The molecule has 0 N–H and O–H groups in total. The number of furan rings is 1. The molecule has 0 bridgehead atoms. The zero-order valence-corrected chi connectivity index (χ0v) is 11.6. The number of hydrogen-bond acceptors (Lipinski definition) is 2. The summed E-state index contributed by atoms with van der Waals surface area (Å²) in [6.45, 7) is 0. The lowest BCUT2D eigenvalue weighted by Gasteiger charge is -2.11. The quantitative estimate of drug-likeness (QED) is 0.713. The minimum atomic E-state index is 0.491. The molecule has 1 heterocycles. The Labute approximate surface area is 108 Å². The van der Waals surface area contributed by atoms with Gasteiger partial charge in [-0.25, -0.2) is 0 Å². The molecule has 1 nitrogen and oxygen atoms in total. The van der Waals surface area contributed by atoms with E-state index in [0.29, 0.717) is 5.22 Å². The Bertz CT molecular complexity index is 311. The first-order valence-electron chi connectivity index (χ1n) is 5.17. The summed E-state index contributed by atoms with van der Waals surface area (Å²) in [5.41, 5.74) is 0. The normalized spacial score (nSPS) is 18.0. The average Bonchev–Trinajstić information content (AvgIpc) is 2.98. The van der Waals surface area contributed by atoms with Crippen molar-refractivity contribution in [2.24, 2.45) is 11.8 Å². The van der Waals surface area contributed by atoms with Gasteiger partial charge >= 0.3 is 0 Å². The van der Waals surface area contributed by atoms with Gasteiger partial charge in [0.05, 0.1) is 5.75 Å². The summed E-state index contributed by atoms with van der Waals surface area (Å²) in [7, 11) is 0. The van der Waals surface area contributed by atoms with Crippen LogP contribution < -0.4 is 0 Å². The molecule has 1 aliphatic rings. The van der Waals surface area contributed by atoms with E-state index in [2.05, 4.69) is 15.9 Å². The number of thioether (sulfide) groups is 1. The van der Waals surface area contributed by atoms with Crippen LogP contribution in [0.4, 0.5) is 0 Å². The van der Waals surface area contributed by atoms with Gasteiger partial charge in [0.15, 0.2) is 5.22 Å². The van der Waals surface area contributed by atoms with Crippen molar-refractivity contribution < 1.29 is 4.42 Å². The Morgan fingerprint density at radius 2 is 2.33 bits per heavy atom. The molecule has 1 aromatic rings. The van der Waals surface area contributed by atoms with Gasteiger partial charge in [-0.05, 0) is 54.2 Å². The molecule has 15 heavy (non-hydrogen) atoms. The highest BCUT2D eigenvalue weighted by Crippen LogP contribution is 2.39. The predicted molar refractivity (Wildman–Crippen MR) is 69.9 cm³/mol. The van der Waals surface area contributed by atoms with E-state index in [9.17, 15) is 0 Å². The van der Waals surface area contributed by atoms with Crippen LogP contribution in [0.1, 0.15) is 18.6 Å². The third-order valence-electron chi connectivity index (χ3n) is 2.69. The van der Waals surface area contributed by atoms with Gasteiger partial charge in [0, 0.05) is 5.33 Å². The van der Waals surface area contributed by atoms with E-state index in [1.165, 1.54) is 18.6 Å². The van der Waals surface area contributed by atoms with Gasteiger partial charge in [0.25, 0.3) is 0 Å². The second kappa shape index (κ2) is 5.65. The summed E-state index contributed by atoms with van der Waals surface area (Å²) >= 11 is 11.2. The molecule has 0 amide bonds. The van der Waals surface area contributed by atoms with Crippen molar-refractivity contribution in [1.82, 2.24) is 0 Å². The molecule has 0 aromatic carbocycles. The molecule has 0 radical (unpaired) electrons. The van der Waals surface area contributed by atoms with Crippen LogP contribution >= 0.6 is 39.3 Å². The van der Waals surface area contributed by atoms with Crippen molar-refractivity contribution in [3.8, 4) is 0 Å². The highest BCUT2D eigenvalue weighted by molar-refractivity contribution is 9.09. The summed E-state index contributed by atoms with van der Waals surface area (Å²) in [6, 6.07) is 3.76. The first-order valence-corrected chi connectivity index (χ1v) is 7.83. The van der Waals surface area contributed by atoms with Crippen LogP contribution in [0.2, 0.25) is 5.22 Å². The van der Waals surface area contributed by atoms with Gasteiger partial charge < -0.3 is 4.42 Å². The lowest BCUT2D eigenvalue weighted by Crippen LogP contribution is -2.07. The zero-order valence-electron chi connectivity index (χ0n) is 8.42. The van der Waals surface area contributed by atoms with E-state index in [1.54, 1.807) is 6.07 Å². The topological polar surface area (TPSA) is 13.1 Å². The SMILES string of the molecule is Clc1ccc(CSCC(CBr)C2CC2)o1. The standard InChI is InChI=1S/C11H14BrClOS/c12-5-9(8-1-2-8)6-15-7-10-3-4-11(13)14-10/h3-4,8-9H,1-2,5-7H2. The Morgan fingerprint density at radius 3 is 2.87 bits per heavy atom. The first-order chi connectivity index (χ1) is 7.29. The molecule has 4 heteroatoms. The molecule has 1 atom stereocenters. The number of rotatable bonds is 6. The second-order valence-corrected chi connectivity index (χ2v) is 6.02. The number of alkyl halides is 1. The summed E-state index contributed by atoms with van der Waals surface area (Å²) in [5.74, 6) is 4.93. The van der Waals surface area contributed by atoms with Gasteiger partial charge in [-0.15, -0.1) is 0 Å². The maximum absolute atomic E-state index is 5.71. The van der Waals surface area contributed by atoms with Gasteiger partial charge in [0.2, 0.25) is 0 Å². The van der Waals surface area contributed by atoms with E-state index in [1.807, 2.05) is 17.8 Å². The molecule has 0 spiro atoms. The predicted octanol–water partition coefficient (Wildman–Crippen LogP) is 4.59. The highest BCUT2D eigenvalue weighted by atomic mass is 79.9. The van der Waals surface area contributed by atoms with Gasteiger partial charge in [0.1, 0.15) is 5.76 Å². The molecular weight excluding hydrogens is 296 g/mol. The van der Waals surface area contributed by atoms with Gasteiger partial charge in [-0.2, -0.15) is 11.8 Å². The minimum absolute atomic E-state index is 0.491. The van der Waals surface area contributed by atoms with Crippen molar-refractivity contribution in [1.29, 1.82) is 0 Å². The molecule has 1 unspecified atom stereocenters. The summed E-state index contributed by atoms with van der Waals surface area (Å²) < 4.78 is 5.31. The van der Waals surface area contributed by atoms with E-state index in [4.69, 9.17) is 16.0 Å². The molecule has 1 saturated carbocycles. The molecular formula is C11H14BrClOS. The fourth-order valence-corrected chi connectivity index (χ4v) is 4.00. The van der Waals surface area contributed by atoms with Gasteiger partial charge in [-0.1, -0.05) is 15.9 Å². The van der Waals surface area contributed by atoms with Crippen molar-refractivity contribution in [3.05, 3.63) is 23.1 Å². The lowest BCUT2D eigenvalue weighted by molar-refractivity contribution is 0.531. The molecule has 0 aliphatic heterocycles. The van der Waals surface area contributed by atoms with E-state index in [0.717, 1.165) is 28.7 Å². The molecule has 1 aliphatic carbocycles. The van der Waals surface area contributed by atoms with Gasteiger partial charge in [-0.3, -0.25) is 0 Å². The maximum atomic E-state index is 5.71. The van der Waals surface area contributed by atoms with Crippen LogP contribution in [0.5, 0.6) is 0 Å². The molecule has 1 fully saturated rings. The Balaban J connectivity index is 1.69. The minimum Gasteiger partial charge on any atom is -0.449 e. The van der Waals surface area contributed by atoms with Crippen LogP contribution in [-0.2, 0) is 5.75 Å². The third kappa shape index (κ3) is 3.72. The molecule has 84 valence electrons. The summed E-state index contributed by atoms with van der Waals surface area (Å²) in [4.78, 5) is 0. The van der Waals surface area contributed by atoms with E-state index >= 15 is 0 Å². The largest absolute Gasteiger partial charge is 0.449 e. The van der Waals surface area contributed by atoms with Crippen LogP contribution in [0, 0.1) is 11.8 Å². The molecule has 1 aromatic heterocycles. The second-order valence-electron chi connectivity index (χ2n) is 3.97. The smallest absolute Gasteiger partial charge is 0.193 e. The summed E-state index contributed by atoms with van der Waals surface area (Å²) in [6.07, 6.45) is 2.84. The Morgan fingerprint density at radius 1 is 1.53 bits per heavy atom. The highest BCUT2D eigenvalue weighted by Gasteiger charge is 2.29. The van der Waals surface area contributed by atoms with E-state index in [-0.39, 0.29) is 0 Å². The monoisotopic (exact) mass is 308 g/mol.